The molecule has 1 aliphatic heterocycles. The summed E-state index contributed by atoms with van der Waals surface area (Å²) in [6, 6.07) is 6.82. The van der Waals surface area contributed by atoms with Gasteiger partial charge in [0, 0.05) is 23.6 Å². The summed E-state index contributed by atoms with van der Waals surface area (Å²) in [7, 11) is 2.98. The molecule has 1 heterocycles. The molecule has 0 bridgehead atoms. The van der Waals surface area contributed by atoms with E-state index in [1.165, 1.54) is 20.3 Å². The van der Waals surface area contributed by atoms with Gasteiger partial charge < -0.3 is 24.3 Å². The van der Waals surface area contributed by atoms with Crippen LogP contribution in [0.3, 0.4) is 0 Å². The van der Waals surface area contributed by atoms with Gasteiger partial charge >= 0.3 is 0 Å². The van der Waals surface area contributed by atoms with Gasteiger partial charge in [0.25, 0.3) is 5.91 Å². The highest BCUT2D eigenvalue weighted by atomic mass is 35.5. The summed E-state index contributed by atoms with van der Waals surface area (Å²) in [4.78, 5) is 12.8. The third kappa shape index (κ3) is 3.90. The first-order chi connectivity index (χ1) is 13.0. The molecule has 0 fully saturated rings. The smallest absolute Gasteiger partial charge is 0.255 e. The van der Waals surface area contributed by atoms with Gasteiger partial charge in [0.1, 0.15) is 17.6 Å². The number of anilines is 1. The van der Waals surface area contributed by atoms with Crippen LogP contribution in [0.25, 0.3) is 0 Å². The molecule has 2 aromatic rings. The molecule has 2 aromatic carbocycles. The summed E-state index contributed by atoms with van der Waals surface area (Å²) in [5, 5.41) is 3.16. The van der Waals surface area contributed by atoms with Crippen LogP contribution in [-0.4, -0.2) is 32.8 Å². The number of nitrogens with one attached hydrogen (secondary N) is 1. The molecule has 27 heavy (non-hydrogen) atoms. The molecule has 6 nitrogen and oxygen atoms in total. The Morgan fingerprint density at radius 1 is 1.22 bits per heavy atom. The second-order valence-electron chi connectivity index (χ2n) is 6.17. The number of methoxy groups -OCH3 is 2. The zero-order chi connectivity index (χ0) is 19.6. The van der Waals surface area contributed by atoms with Gasteiger partial charge in [-0.15, -0.1) is 0 Å². The minimum atomic E-state index is -0.343. The number of halogens is 1. The van der Waals surface area contributed by atoms with E-state index in [9.17, 15) is 4.79 Å². The van der Waals surface area contributed by atoms with Crippen molar-refractivity contribution in [3.8, 4) is 23.0 Å². The summed E-state index contributed by atoms with van der Waals surface area (Å²) in [6.45, 7) is 4.39. The van der Waals surface area contributed by atoms with Crippen LogP contribution in [0.1, 0.15) is 29.8 Å². The van der Waals surface area contributed by atoms with Crippen LogP contribution in [0.2, 0.25) is 5.02 Å². The van der Waals surface area contributed by atoms with E-state index in [0.717, 1.165) is 17.7 Å². The lowest BCUT2D eigenvalue weighted by molar-refractivity contribution is 0.102. The molecule has 7 heteroatoms. The standard InChI is InChI=1S/C20H22ClNO5/c1-5-26-17-8-12-6-11(2)27-16(12)10-15(17)22-20(23)13-7-14(21)19(25-4)18(9-13)24-3/h7-11H,5-6H2,1-4H3,(H,22,23)/t11-/m0/s1. The molecule has 1 aliphatic rings. The quantitative estimate of drug-likeness (QED) is 0.793. The molecule has 1 amide bonds. The summed E-state index contributed by atoms with van der Waals surface area (Å²) in [5.41, 5.74) is 1.95. The van der Waals surface area contributed by atoms with E-state index in [1.54, 1.807) is 12.1 Å². The molecule has 0 aliphatic carbocycles. The third-order valence-electron chi connectivity index (χ3n) is 4.24. The molecule has 0 saturated heterocycles. The number of hydrogen-bond donors (Lipinski definition) is 1. The van der Waals surface area contributed by atoms with Gasteiger partial charge in [-0.25, -0.2) is 0 Å². The zero-order valence-corrected chi connectivity index (χ0v) is 16.5. The summed E-state index contributed by atoms with van der Waals surface area (Å²) < 4.78 is 22.0. The Morgan fingerprint density at radius 2 is 2.00 bits per heavy atom. The largest absolute Gasteiger partial charge is 0.493 e. The first-order valence-electron chi connectivity index (χ1n) is 8.66. The van der Waals surface area contributed by atoms with Crippen molar-refractivity contribution in [3.05, 3.63) is 40.4 Å². The molecule has 0 unspecified atom stereocenters. The minimum absolute atomic E-state index is 0.102. The van der Waals surface area contributed by atoms with Crippen molar-refractivity contribution in [1.82, 2.24) is 0 Å². The first kappa shape index (κ1) is 19.2. The highest BCUT2D eigenvalue weighted by Gasteiger charge is 2.23. The van der Waals surface area contributed by atoms with Crippen LogP contribution in [0.15, 0.2) is 24.3 Å². The van der Waals surface area contributed by atoms with Crippen LogP contribution >= 0.6 is 11.6 Å². The molecule has 144 valence electrons. The Hall–Kier alpha value is -2.60. The number of ether oxygens (including phenoxy) is 4. The van der Waals surface area contributed by atoms with E-state index in [-0.39, 0.29) is 17.0 Å². The van der Waals surface area contributed by atoms with E-state index in [0.29, 0.717) is 35.1 Å². The van der Waals surface area contributed by atoms with Crippen LogP contribution in [0, 0.1) is 0 Å². The van der Waals surface area contributed by atoms with Crippen molar-refractivity contribution in [3.63, 3.8) is 0 Å². The lowest BCUT2D eigenvalue weighted by Crippen LogP contribution is -2.13. The number of rotatable bonds is 6. The van der Waals surface area contributed by atoms with E-state index in [1.807, 2.05) is 19.9 Å². The Kier molecular flexibility index (Phi) is 5.65. The number of hydrogen-bond acceptors (Lipinski definition) is 5. The predicted molar refractivity (Wildman–Crippen MR) is 104 cm³/mol. The highest BCUT2D eigenvalue weighted by Crippen LogP contribution is 2.39. The number of fused-ring (bicyclic) bond motifs is 1. The van der Waals surface area contributed by atoms with E-state index in [2.05, 4.69) is 5.32 Å². The van der Waals surface area contributed by atoms with E-state index in [4.69, 9.17) is 30.5 Å². The fourth-order valence-electron chi connectivity index (χ4n) is 3.06. The van der Waals surface area contributed by atoms with Crippen LogP contribution in [0.4, 0.5) is 5.69 Å². The van der Waals surface area contributed by atoms with Gasteiger partial charge in [0.15, 0.2) is 11.5 Å². The maximum absolute atomic E-state index is 12.8. The normalized spacial score (nSPS) is 14.9. The fraction of sp³-hybridized carbons (Fsp3) is 0.350. The van der Waals surface area contributed by atoms with Crippen molar-refractivity contribution in [2.75, 3.05) is 26.1 Å². The Labute approximate surface area is 163 Å². The van der Waals surface area contributed by atoms with Gasteiger partial charge in [-0.1, -0.05) is 11.6 Å². The number of benzene rings is 2. The molecular weight excluding hydrogens is 370 g/mol. The summed E-state index contributed by atoms with van der Waals surface area (Å²) in [5.74, 6) is 1.78. The SMILES string of the molecule is CCOc1cc2c(cc1NC(=O)c1cc(Cl)c(OC)c(OC)c1)O[C@@H](C)C2. The lowest BCUT2D eigenvalue weighted by atomic mass is 10.1. The zero-order valence-electron chi connectivity index (χ0n) is 15.7. The maximum atomic E-state index is 12.8. The van der Waals surface area contributed by atoms with Crippen LogP contribution in [-0.2, 0) is 6.42 Å². The van der Waals surface area contributed by atoms with Gasteiger partial charge in [-0.05, 0) is 32.0 Å². The first-order valence-corrected chi connectivity index (χ1v) is 9.03. The second kappa shape index (κ2) is 7.96. The number of carbonyl (C=O) groups excluding carboxylic acids is 1. The Bertz CT molecular complexity index is 868. The minimum Gasteiger partial charge on any atom is -0.493 e. The molecule has 1 N–H and O–H groups in total. The second-order valence-corrected chi connectivity index (χ2v) is 6.58. The van der Waals surface area contributed by atoms with Crippen molar-refractivity contribution in [2.45, 2.75) is 26.4 Å². The third-order valence-corrected chi connectivity index (χ3v) is 4.52. The summed E-state index contributed by atoms with van der Waals surface area (Å²) in [6.07, 6.45) is 0.916. The summed E-state index contributed by atoms with van der Waals surface area (Å²) >= 11 is 6.20. The Balaban J connectivity index is 1.92. The lowest BCUT2D eigenvalue weighted by Gasteiger charge is -2.15. The van der Waals surface area contributed by atoms with Gasteiger partial charge in [0.2, 0.25) is 0 Å². The molecular formula is C20H22ClNO5. The number of amides is 1. The molecule has 0 radical (unpaired) electrons. The monoisotopic (exact) mass is 391 g/mol. The average Bonchev–Trinajstić information content (AvgIpc) is 3.00. The highest BCUT2D eigenvalue weighted by molar-refractivity contribution is 6.32. The molecule has 0 spiro atoms. The van der Waals surface area contributed by atoms with E-state index >= 15 is 0 Å². The fourth-order valence-corrected chi connectivity index (χ4v) is 3.34. The molecule has 1 atom stereocenters. The average molecular weight is 392 g/mol. The topological polar surface area (TPSA) is 66.0 Å². The van der Waals surface area contributed by atoms with Gasteiger partial charge in [-0.2, -0.15) is 0 Å². The van der Waals surface area contributed by atoms with Crippen LogP contribution < -0.4 is 24.3 Å². The van der Waals surface area contributed by atoms with Gasteiger partial charge in [0.05, 0.1) is 31.5 Å². The van der Waals surface area contributed by atoms with Gasteiger partial charge in [-0.3, -0.25) is 4.79 Å². The van der Waals surface area contributed by atoms with Crippen molar-refractivity contribution < 1.29 is 23.7 Å². The van der Waals surface area contributed by atoms with Crippen molar-refractivity contribution in [1.29, 1.82) is 0 Å². The maximum Gasteiger partial charge on any atom is 0.255 e. The van der Waals surface area contributed by atoms with Crippen LogP contribution in [0.5, 0.6) is 23.0 Å². The van der Waals surface area contributed by atoms with Crippen molar-refractivity contribution in [2.24, 2.45) is 0 Å². The molecule has 0 aromatic heterocycles. The predicted octanol–water partition coefficient (Wildman–Crippen LogP) is 4.33. The molecule has 3 rings (SSSR count). The number of carbonyl (C=O) groups is 1. The van der Waals surface area contributed by atoms with E-state index < -0.39 is 0 Å². The van der Waals surface area contributed by atoms with Crippen molar-refractivity contribution >= 4 is 23.2 Å². The Morgan fingerprint density at radius 3 is 2.67 bits per heavy atom. The molecule has 0 saturated carbocycles.